The number of aryl methyl sites for hydroxylation is 1. The van der Waals surface area contributed by atoms with E-state index in [1.165, 1.54) is 29.0 Å². The molecule has 1 atom stereocenters. The zero-order valence-corrected chi connectivity index (χ0v) is 22.9. The van der Waals surface area contributed by atoms with Crippen molar-refractivity contribution in [1.82, 2.24) is 18.7 Å². The highest BCUT2D eigenvalue weighted by Crippen LogP contribution is 2.36. The van der Waals surface area contributed by atoms with E-state index in [1.807, 2.05) is 27.7 Å². The lowest BCUT2D eigenvalue weighted by molar-refractivity contribution is -0.274. The number of piperidine rings is 1. The molecule has 3 aromatic heterocycles. The van der Waals surface area contributed by atoms with Crippen LogP contribution in [0.15, 0.2) is 48.0 Å². The predicted octanol–water partition coefficient (Wildman–Crippen LogP) is 6.16. The molecule has 0 N–H and O–H groups in total. The van der Waals surface area contributed by atoms with Crippen LogP contribution >= 0.6 is 11.3 Å². The van der Waals surface area contributed by atoms with Crippen molar-refractivity contribution in [2.24, 2.45) is 0 Å². The summed E-state index contributed by atoms with van der Waals surface area (Å²) in [5.74, 6) is 1.06. The number of fused-ring (bicyclic) bond motifs is 1. The van der Waals surface area contributed by atoms with Crippen LogP contribution in [0.3, 0.4) is 0 Å². The summed E-state index contributed by atoms with van der Waals surface area (Å²) >= 11 is 1.46. The molecule has 1 aliphatic heterocycles. The van der Waals surface area contributed by atoms with Gasteiger partial charge in [-0.05, 0) is 61.1 Å². The summed E-state index contributed by atoms with van der Waals surface area (Å²) < 4.78 is 57.4. The molecule has 0 spiro atoms. The highest BCUT2D eigenvalue weighted by atomic mass is 32.2. The first-order valence-electron chi connectivity index (χ1n) is 12.3. The molecule has 7 nitrogen and oxygen atoms in total. The topological polar surface area (TPSA) is 63.0 Å². The normalized spacial score (nSPS) is 16.2. The molecule has 4 heterocycles. The molecule has 1 aliphatic rings. The average Bonchev–Trinajstić information content (AvgIpc) is 3.53. The number of pyridine rings is 1. The standard InChI is InChI=1S/C26H28F3N5O2S2/c1-4-21-24(34-15-19(7-10-23(34)30-21)17-11-13-33(14-12-17)38(3)35)32(2)25-31-22(16-37-25)18-5-8-20(9-6-18)36-26(27,28)29/h5-10,15-17H,4,11-14H2,1-3H3. The number of nitrogens with zero attached hydrogens (tertiary/aromatic N) is 5. The number of alkyl halides is 3. The smallest absolute Gasteiger partial charge is 0.406 e. The molecule has 38 heavy (non-hydrogen) atoms. The number of anilines is 2. The van der Waals surface area contributed by atoms with Gasteiger partial charge in [-0.25, -0.2) is 18.5 Å². The number of halogens is 3. The van der Waals surface area contributed by atoms with E-state index in [2.05, 4.69) is 28.3 Å². The first kappa shape index (κ1) is 26.6. The van der Waals surface area contributed by atoms with Crippen molar-refractivity contribution in [3.8, 4) is 17.0 Å². The lowest BCUT2D eigenvalue weighted by atomic mass is 9.91. The number of imidazole rings is 1. The maximum atomic E-state index is 12.5. The second-order valence-corrected chi connectivity index (χ2v) is 11.4. The average molecular weight is 564 g/mol. The van der Waals surface area contributed by atoms with Crippen molar-refractivity contribution in [3.05, 3.63) is 59.2 Å². The van der Waals surface area contributed by atoms with E-state index in [4.69, 9.17) is 9.97 Å². The van der Waals surface area contributed by atoms with Gasteiger partial charge in [-0.15, -0.1) is 24.5 Å². The Hall–Kier alpha value is -2.96. The minimum Gasteiger partial charge on any atom is -0.406 e. The van der Waals surface area contributed by atoms with Gasteiger partial charge in [0.15, 0.2) is 5.13 Å². The van der Waals surface area contributed by atoms with Crippen molar-refractivity contribution >= 4 is 38.9 Å². The van der Waals surface area contributed by atoms with E-state index in [0.29, 0.717) is 17.2 Å². The Bertz CT molecular complexity index is 1440. The first-order chi connectivity index (χ1) is 18.1. The van der Waals surface area contributed by atoms with Crippen LogP contribution < -0.4 is 9.64 Å². The molecule has 202 valence electrons. The highest BCUT2D eigenvalue weighted by molar-refractivity contribution is 7.81. The summed E-state index contributed by atoms with van der Waals surface area (Å²) in [6.07, 6.45) is 1.81. The number of aromatic nitrogens is 3. The third-order valence-corrected chi connectivity index (χ3v) is 8.80. The quantitative estimate of drug-likeness (QED) is 0.270. The molecule has 0 saturated carbocycles. The molecular formula is C26H28F3N5O2S2. The molecule has 1 fully saturated rings. The lowest BCUT2D eigenvalue weighted by Gasteiger charge is -2.30. The van der Waals surface area contributed by atoms with Gasteiger partial charge in [-0.2, -0.15) is 0 Å². The summed E-state index contributed by atoms with van der Waals surface area (Å²) in [5, 5.41) is 2.63. The molecule has 4 aromatic rings. The molecular weight excluding hydrogens is 535 g/mol. The number of hydrogen-bond acceptors (Lipinski definition) is 6. The summed E-state index contributed by atoms with van der Waals surface area (Å²) in [6.45, 7) is 3.69. The zero-order chi connectivity index (χ0) is 27.0. The summed E-state index contributed by atoms with van der Waals surface area (Å²) in [7, 11) is 1.01. The van der Waals surface area contributed by atoms with Crippen LogP contribution in [0.4, 0.5) is 24.1 Å². The first-order valence-corrected chi connectivity index (χ1v) is 14.7. The number of ether oxygens (including phenoxy) is 1. The molecule has 1 unspecified atom stereocenters. The van der Waals surface area contributed by atoms with Crippen molar-refractivity contribution in [1.29, 1.82) is 0 Å². The SMILES string of the molecule is CCc1nc2ccc(C3CCN(S(C)=O)CC3)cn2c1N(C)c1nc(-c2ccc(OC(F)(F)F)cc2)cs1. The van der Waals surface area contributed by atoms with Crippen LogP contribution in [0.1, 0.15) is 36.9 Å². The third kappa shape index (κ3) is 5.57. The Labute approximate surface area is 225 Å². The largest absolute Gasteiger partial charge is 0.573 e. The van der Waals surface area contributed by atoms with Crippen molar-refractivity contribution < 1.29 is 22.1 Å². The molecule has 1 saturated heterocycles. The van der Waals surface area contributed by atoms with Gasteiger partial charge in [-0.1, -0.05) is 13.0 Å². The molecule has 5 rings (SSSR count). The van der Waals surface area contributed by atoms with E-state index in [-0.39, 0.29) is 5.75 Å². The molecule has 0 amide bonds. The predicted molar refractivity (Wildman–Crippen MR) is 144 cm³/mol. The summed E-state index contributed by atoms with van der Waals surface area (Å²) in [4.78, 5) is 11.6. The molecule has 0 bridgehead atoms. The maximum Gasteiger partial charge on any atom is 0.573 e. The van der Waals surface area contributed by atoms with Crippen LogP contribution in [0, 0.1) is 0 Å². The second kappa shape index (κ2) is 10.7. The van der Waals surface area contributed by atoms with Gasteiger partial charge >= 0.3 is 6.36 Å². The Kier molecular flexibility index (Phi) is 7.47. The fraction of sp³-hybridized carbons (Fsp3) is 0.385. The van der Waals surface area contributed by atoms with Gasteiger partial charge in [0.1, 0.15) is 17.2 Å². The molecule has 0 radical (unpaired) electrons. The van der Waals surface area contributed by atoms with E-state index in [0.717, 1.165) is 54.6 Å². The summed E-state index contributed by atoms with van der Waals surface area (Å²) in [6, 6.07) is 9.90. The minimum absolute atomic E-state index is 0.267. The lowest BCUT2D eigenvalue weighted by Crippen LogP contribution is -2.33. The highest BCUT2D eigenvalue weighted by Gasteiger charge is 2.31. The molecule has 12 heteroatoms. The fourth-order valence-corrected chi connectivity index (χ4v) is 6.37. The van der Waals surface area contributed by atoms with E-state index in [9.17, 15) is 17.4 Å². The van der Waals surface area contributed by atoms with Crippen LogP contribution in [0.25, 0.3) is 16.9 Å². The van der Waals surface area contributed by atoms with Gasteiger partial charge in [0.05, 0.1) is 22.4 Å². The number of hydrogen-bond donors (Lipinski definition) is 0. The Balaban J connectivity index is 1.41. The third-order valence-electron chi connectivity index (χ3n) is 6.79. The molecule has 1 aromatic carbocycles. The molecule has 0 aliphatic carbocycles. The van der Waals surface area contributed by atoms with Gasteiger partial charge in [0, 0.05) is 43.5 Å². The van der Waals surface area contributed by atoms with E-state index >= 15 is 0 Å². The van der Waals surface area contributed by atoms with Crippen LogP contribution in [-0.2, 0) is 17.4 Å². The Morgan fingerprint density at radius 2 is 1.84 bits per heavy atom. The minimum atomic E-state index is -4.73. The number of thiazole rings is 1. The zero-order valence-electron chi connectivity index (χ0n) is 21.2. The van der Waals surface area contributed by atoms with Crippen LogP contribution in [-0.4, -0.2) is 55.6 Å². The Morgan fingerprint density at radius 1 is 1.13 bits per heavy atom. The van der Waals surface area contributed by atoms with E-state index in [1.54, 1.807) is 18.4 Å². The van der Waals surface area contributed by atoms with Crippen molar-refractivity contribution in [2.75, 3.05) is 31.3 Å². The van der Waals surface area contributed by atoms with Crippen LogP contribution in [0.2, 0.25) is 0 Å². The second-order valence-electron chi connectivity index (χ2n) is 9.20. The fourth-order valence-electron chi connectivity index (χ4n) is 4.85. The summed E-state index contributed by atoms with van der Waals surface area (Å²) in [5.41, 5.74) is 4.41. The van der Waals surface area contributed by atoms with Gasteiger partial charge in [-0.3, -0.25) is 4.40 Å². The van der Waals surface area contributed by atoms with E-state index < -0.39 is 17.3 Å². The number of benzene rings is 1. The van der Waals surface area contributed by atoms with Gasteiger partial charge in [0.2, 0.25) is 0 Å². The monoisotopic (exact) mass is 563 g/mol. The van der Waals surface area contributed by atoms with Crippen molar-refractivity contribution in [2.45, 2.75) is 38.5 Å². The van der Waals surface area contributed by atoms with Crippen LogP contribution in [0.5, 0.6) is 5.75 Å². The Morgan fingerprint density at radius 3 is 2.47 bits per heavy atom. The van der Waals surface area contributed by atoms with Gasteiger partial charge < -0.3 is 9.64 Å². The van der Waals surface area contributed by atoms with Gasteiger partial charge in [0.25, 0.3) is 0 Å². The maximum absolute atomic E-state index is 12.5. The number of rotatable bonds is 7. The van der Waals surface area contributed by atoms with Crippen molar-refractivity contribution in [3.63, 3.8) is 0 Å².